The second kappa shape index (κ2) is 7.78. The second-order valence-electron chi connectivity index (χ2n) is 5.93. The van der Waals surface area contributed by atoms with E-state index in [1.165, 1.54) is 0 Å². The van der Waals surface area contributed by atoms with E-state index >= 15 is 0 Å². The van der Waals surface area contributed by atoms with Crippen LogP contribution < -0.4 is 5.32 Å². The Morgan fingerprint density at radius 2 is 1.88 bits per heavy atom. The number of carbonyl (C=O) groups excluding carboxylic acids is 2. The summed E-state index contributed by atoms with van der Waals surface area (Å²) in [7, 11) is 0. The first kappa shape index (κ1) is 17.6. The molecule has 3 aromatic rings. The van der Waals surface area contributed by atoms with Crippen LogP contribution in [0.1, 0.15) is 22.8 Å². The summed E-state index contributed by atoms with van der Waals surface area (Å²) >= 11 is 0. The summed E-state index contributed by atoms with van der Waals surface area (Å²) in [6, 6.07) is 17.2. The molecule has 26 heavy (non-hydrogen) atoms. The highest BCUT2D eigenvalue weighted by Crippen LogP contribution is 2.25. The highest BCUT2D eigenvalue weighted by molar-refractivity contribution is 6.07. The lowest BCUT2D eigenvalue weighted by atomic mass is 10.0. The highest BCUT2D eigenvalue weighted by Gasteiger charge is 2.15. The zero-order valence-electron chi connectivity index (χ0n) is 14.8. The van der Waals surface area contributed by atoms with Crippen molar-refractivity contribution in [3.63, 3.8) is 0 Å². The van der Waals surface area contributed by atoms with Crippen LogP contribution in [0.3, 0.4) is 0 Å². The van der Waals surface area contributed by atoms with Gasteiger partial charge in [-0.15, -0.1) is 0 Å². The van der Waals surface area contributed by atoms with E-state index in [1.54, 1.807) is 13.0 Å². The molecule has 0 saturated carbocycles. The number of hydrogen-bond acceptors (Lipinski definition) is 4. The van der Waals surface area contributed by atoms with Gasteiger partial charge in [-0.3, -0.25) is 9.59 Å². The van der Waals surface area contributed by atoms with Crippen molar-refractivity contribution in [2.75, 3.05) is 13.2 Å². The molecule has 1 N–H and O–H groups in total. The minimum atomic E-state index is -0.460. The number of rotatable bonds is 5. The number of amides is 1. The normalized spacial score (nSPS) is 10.5. The smallest absolute Gasteiger partial charge is 0.325 e. The summed E-state index contributed by atoms with van der Waals surface area (Å²) in [5.74, 6) is -0.788. The lowest BCUT2D eigenvalue weighted by Gasteiger charge is -2.11. The van der Waals surface area contributed by atoms with Crippen LogP contribution >= 0.6 is 0 Å². The molecule has 0 aliphatic heterocycles. The Hall–Kier alpha value is -3.21. The summed E-state index contributed by atoms with van der Waals surface area (Å²) in [4.78, 5) is 28.9. The third kappa shape index (κ3) is 3.88. The molecule has 3 rings (SSSR count). The second-order valence-corrected chi connectivity index (χ2v) is 5.93. The van der Waals surface area contributed by atoms with Crippen molar-refractivity contribution in [2.24, 2.45) is 0 Å². The van der Waals surface area contributed by atoms with Gasteiger partial charge in [-0.1, -0.05) is 42.0 Å². The molecule has 1 heterocycles. The number of para-hydroxylation sites is 1. The monoisotopic (exact) mass is 348 g/mol. The van der Waals surface area contributed by atoms with E-state index in [0.29, 0.717) is 11.3 Å². The molecular weight excluding hydrogens is 328 g/mol. The Morgan fingerprint density at radius 1 is 1.08 bits per heavy atom. The number of benzene rings is 2. The summed E-state index contributed by atoms with van der Waals surface area (Å²) in [6.45, 7) is 3.86. The average molecular weight is 348 g/mol. The maximum atomic E-state index is 12.7. The maximum absolute atomic E-state index is 12.7. The number of esters is 1. The van der Waals surface area contributed by atoms with Crippen LogP contribution in [0.2, 0.25) is 0 Å². The van der Waals surface area contributed by atoms with Crippen molar-refractivity contribution in [2.45, 2.75) is 13.8 Å². The van der Waals surface area contributed by atoms with Crippen LogP contribution in [0.15, 0.2) is 54.6 Å². The molecule has 0 bridgehead atoms. The van der Waals surface area contributed by atoms with Gasteiger partial charge >= 0.3 is 5.97 Å². The molecule has 0 radical (unpaired) electrons. The number of aryl methyl sites for hydroxylation is 1. The Balaban J connectivity index is 2.00. The molecule has 0 aliphatic rings. The van der Waals surface area contributed by atoms with Gasteiger partial charge in [0.2, 0.25) is 0 Å². The standard InChI is InChI=1S/C21H20N2O3/c1-3-26-20(24)13-22-21(25)17-12-19(15-8-6-7-14(2)11-15)23-18-10-5-4-9-16(17)18/h4-12H,3,13H2,1-2H3,(H,22,25). The molecule has 2 aromatic carbocycles. The predicted octanol–water partition coefficient (Wildman–Crippen LogP) is 3.50. The molecule has 0 unspecified atom stereocenters. The van der Waals surface area contributed by atoms with Gasteiger partial charge in [0.1, 0.15) is 6.54 Å². The van der Waals surface area contributed by atoms with Crippen LogP contribution in [-0.4, -0.2) is 30.0 Å². The Kier molecular flexibility index (Phi) is 5.27. The zero-order chi connectivity index (χ0) is 18.5. The van der Waals surface area contributed by atoms with Crippen LogP contribution in [0, 0.1) is 6.92 Å². The van der Waals surface area contributed by atoms with E-state index in [1.807, 2.05) is 55.5 Å². The zero-order valence-corrected chi connectivity index (χ0v) is 14.8. The molecular formula is C21H20N2O3. The lowest BCUT2D eigenvalue weighted by Crippen LogP contribution is -2.30. The first-order valence-electron chi connectivity index (χ1n) is 8.49. The topological polar surface area (TPSA) is 68.3 Å². The van der Waals surface area contributed by atoms with Crippen molar-refractivity contribution in [3.05, 3.63) is 65.7 Å². The fourth-order valence-electron chi connectivity index (χ4n) is 2.78. The van der Waals surface area contributed by atoms with Crippen molar-refractivity contribution in [3.8, 4) is 11.3 Å². The number of nitrogens with one attached hydrogen (secondary N) is 1. The van der Waals surface area contributed by atoms with Crippen LogP contribution in [0.5, 0.6) is 0 Å². The molecule has 0 fully saturated rings. The summed E-state index contributed by atoms with van der Waals surface area (Å²) in [6.07, 6.45) is 0. The summed E-state index contributed by atoms with van der Waals surface area (Å²) in [5, 5.41) is 3.37. The summed E-state index contributed by atoms with van der Waals surface area (Å²) in [5.41, 5.74) is 3.99. The molecule has 0 spiro atoms. The predicted molar refractivity (Wildman–Crippen MR) is 101 cm³/mol. The minimum Gasteiger partial charge on any atom is -0.465 e. The highest BCUT2D eigenvalue weighted by atomic mass is 16.5. The first-order chi connectivity index (χ1) is 12.6. The van der Waals surface area contributed by atoms with Crippen LogP contribution in [0.25, 0.3) is 22.2 Å². The van der Waals surface area contributed by atoms with Gasteiger partial charge < -0.3 is 10.1 Å². The van der Waals surface area contributed by atoms with Gasteiger partial charge in [0.15, 0.2) is 0 Å². The maximum Gasteiger partial charge on any atom is 0.325 e. The number of nitrogens with zero attached hydrogens (tertiary/aromatic N) is 1. The van der Waals surface area contributed by atoms with E-state index in [4.69, 9.17) is 4.74 Å². The molecule has 1 aromatic heterocycles. The number of ether oxygens (including phenoxy) is 1. The molecule has 0 atom stereocenters. The van der Waals surface area contributed by atoms with E-state index in [2.05, 4.69) is 10.3 Å². The van der Waals surface area contributed by atoms with Crippen LogP contribution in [0.4, 0.5) is 0 Å². The number of aromatic nitrogens is 1. The van der Waals surface area contributed by atoms with Gasteiger partial charge in [0.25, 0.3) is 5.91 Å². The molecule has 5 nitrogen and oxygen atoms in total. The molecule has 0 saturated heterocycles. The fourth-order valence-corrected chi connectivity index (χ4v) is 2.78. The van der Waals surface area contributed by atoms with E-state index in [9.17, 15) is 9.59 Å². The van der Waals surface area contributed by atoms with Gasteiger partial charge in [0, 0.05) is 10.9 Å². The number of carbonyl (C=O) groups is 2. The number of pyridine rings is 1. The van der Waals surface area contributed by atoms with E-state index < -0.39 is 5.97 Å². The van der Waals surface area contributed by atoms with Gasteiger partial charge in [-0.2, -0.15) is 0 Å². The Bertz CT molecular complexity index is 966. The van der Waals surface area contributed by atoms with Crippen molar-refractivity contribution < 1.29 is 14.3 Å². The van der Waals surface area contributed by atoms with Crippen molar-refractivity contribution in [1.82, 2.24) is 10.3 Å². The molecule has 1 amide bonds. The number of fused-ring (bicyclic) bond motifs is 1. The quantitative estimate of drug-likeness (QED) is 0.717. The minimum absolute atomic E-state index is 0.164. The Labute approximate surface area is 152 Å². The SMILES string of the molecule is CCOC(=O)CNC(=O)c1cc(-c2cccc(C)c2)nc2ccccc12. The van der Waals surface area contributed by atoms with Crippen LogP contribution in [-0.2, 0) is 9.53 Å². The first-order valence-corrected chi connectivity index (χ1v) is 8.49. The molecule has 0 aliphatic carbocycles. The molecule has 5 heteroatoms. The Morgan fingerprint density at radius 3 is 2.65 bits per heavy atom. The number of hydrogen-bond donors (Lipinski definition) is 1. The molecule has 132 valence electrons. The lowest BCUT2D eigenvalue weighted by molar-refractivity contribution is -0.141. The van der Waals surface area contributed by atoms with E-state index in [0.717, 1.165) is 22.0 Å². The van der Waals surface area contributed by atoms with Gasteiger partial charge in [0.05, 0.1) is 23.4 Å². The average Bonchev–Trinajstić information content (AvgIpc) is 2.65. The fraction of sp³-hybridized carbons (Fsp3) is 0.190. The van der Waals surface area contributed by atoms with Gasteiger partial charge in [-0.05, 0) is 32.0 Å². The van der Waals surface area contributed by atoms with Crippen molar-refractivity contribution in [1.29, 1.82) is 0 Å². The largest absolute Gasteiger partial charge is 0.465 e. The summed E-state index contributed by atoms with van der Waals surface area (Å²) < 4.78 is 4.86. The third-order valence-corrected chi connectivity index (χ3v) is 3.97. The van der Waals surface area contributed by atoms with E-state index in [-0.39, 0.29) is 19.1 Å². The van der Waals surface area contributed by atoms with Gasteiger partial charge in [-0.25, -0.2) is 4.98 Å². The third-order valence-electron chi connectivity index (χ3n) is 3.97. The van der Waals surface area contributed by atoms with Crippen molar-refractivity contribution >= 4 is 22.8 Å².